The Morgan fingerprint density at radius 3 is 2.62 bits per heavy atom. The van der Waals surface area contributed by atoms with Crippen LogP contribution in [-0.4, -0.2) is 17.9 Å². The van der Waals surface area contributed by atoms with Crippen molar-refractivity contribution < 1.29 is 9.59 Å². The second-order valence-electron chi connectivity index (χ2n) is 6.25. The fraction of sp³-hybridized carbons (Fsp3) is 0.467. The Hall–Kier alpha value is -1.59. The van der Waals surface area contributed by atoms with E-state index in [0.717, 1.165) is 11.3 Å². The molecular weight excluding hydrogens is 290 g/mol. The lowest BCUT2D eigenvalue weighted by molar-refractivity contribution is -0.119. The fourth-order valence-electron chi connectivity index (χ4n) is 2.07. The summed E-state index contributed by atoms with van der Waals surface area (Å²) in [5.41, 5.74) is 8.21. The molecule has 1 atom stereocenters. The summed E-state index contributed by atoms with van der Waals surface area (Å²) in [6, 6.07) is 4.91. The number of carbonyl (C=O) groups is 2. The normalized spacial score (nSPS) is 15.3. The predicted molar refractivity (Wildman–Crippen MR) is 86.7 cm³/mol. The largest absolute Gasteiger partial charge is 0.326 e. The zero-order chi connectivity index (χ0) is 14.9. The molecule has 4 N–H and O–H groups in total. The van der Waals surface area contributed by atoms with Gasteiger partial charge in [-0.3, -0.25) is 9.59 Å². The molecule has 1 aromatic carbocycles. The van der Waals surface area contributed by atoms with Gasteiger partial charge >= 0.3 is 0 Å². The summed E-state index contributed by atoms with van der Waals surface area (Å²) in [5, 5.41) is 5.64. The van der Waals surface area contributed by atoms with Crippen LogP contribution >= 0.6 is 12.4 Å². The van der Waals surface area contributed by atoms with Crippen molar-refractivity contribution >= 4 is 35.6 Å². The SMILES string of the molecule is CC(C)(C)[C@H](N)C(=O)Nc1ccc2c(c1)CCC(=O)N2.Cl. The molecule has 0 saturated heterocycles. The number of fused-ring (bicyclic) bond motifs is 1. The van der Waals surface area contributed by atoms with Crippen LogP contribution in [0.1, 0.15) is 32.8 Å². The molecule has 1 aliphatic rings. The Morgan fingerprint density at radius 1 is 1.33 bits per heavy atom. The monoisotopic (exact) mass is 311 g/mol. The van der Waals surface area contributed by atoms with Gasteiger partial charge in [-0.1, -0.05) is 20.8 Å². The van der Waals surface area contributed by atoms with Crippen LogP contribution in [-0.2, 0) is 16.0 Å². The van der Waals surface area contributed by atoms with Gasteiger partial charge in [-0.25, -0.2) is 0 Å². The van der Waals surface area contributed by atoms with E-state index < -0.39 is 6.04 Å². The van der Waals surface area contributed by atoms with E-state index in [1.165, 1.54) is 0 Å². The lowest BCUT2D eigenvalue weighted by atomic mass is 9.87. The smallest absolute Gasteiger partial charge is 0.241 e. The molecule has 1 aliphatic heterocycles. The van der Waals surface area contributed by atoms with Crippen LogP contribution in [0.25, 0.3) is 0 Å². The van der Waals surface area contributed by atoms with E-state index in [0.29, 0.717) is 18.5 Å². The topological polar surface area (TPSA) is 84.2 Å². The van der Waals surface area contributed by atoms with E-state index >= 15 is 0 Å². The molecule has 0 saturated carbocycles. The molecule has 0 aromatic heterocycles. The predicted octanol–water partition coefficient (Wildman–Crippen LogP) is 2.31. The van der Waals surface area contributed by atoms with Crippen LogP contribution in [0.15, 0.2) is 18.2 Å². The molecule has 0 spiro atoms. The van der Waals surface area contributed by atoms with Crippen LogP contribution in [0.3, 0.4) is 0 Å². The van der Waals surface area contributed by atoms with Gasteiger partial charge in [0.05, 0.1) is 6.04 Å². The second-order valence-corrected chi connectivity index (χ2v) is 6.25. The van der Waals surface area contributed by atoms with Gasteiger partial charge in [0.15, 0.2) is 0 Å². The van der Waals surface area contributed by atoms with E-state index in [9.17, 15) is 9.59 Å². The Labute approximate surface area is 131 Å². The maximum Gasteiger partial charge on any atom is 0.241 e. The van der Waals surface area contributed by atoms with Crippen LogP contribution in [0, 0.1) is 5.41 Å². The van der Waals surface area contributed by atoms with Crippen LogP contribution in [0.5, 0.6) is 0 Å². The molecule has 2 rings (SSSR count). The first-order valence-electron chi connectivity index (χ1n) is 6.76. The van der Waals surface area contributed by atoms with Gasteiger partial charge < -0.3 is 16.4 Å². The number of nitrogens with one attached hydrogen (secondary N) is 2. The minimum Gasteiger partial charge on any atom is -0.326 e. The van der Waals surface area contributed by atoms with Crippen LogP contribution < -0.4 is 16.4 Å². The van der Waals surface area contributed by atoms with Crippen LogP contribution in [0.2, 0.25) is 0 Å². The minimum atomic E-state index is -0.571. The Morgan fingerprint density at radius 2 is 2.00 bits per heavy atom. The van der Waals surface area contributed by atoms with Crippen molar-refractivity contribution in [3.8, 4) is 0 Å². The number of anilines is 2. The highest BCUT2D eigenvalue weighted by molar-refractivity contribution is 5.97. The quantitative estimate of drug-likeness (QED) is 0.783. The van der Waals surface area contributed by atoms with Crippen LogP contribution in [0.4, 0.5) is 11.4 Å². The number of nitrogens with two attached hydrogens (primary N) is 1. The number of aryl methyl sites for hydroxylation is 1. The number of halogens is 1. The summed E-state index contributed by atoms with van der Waals surface area (Å²) in [6.45, 7) is 5.79. The summed E-state index contributed by atoms with van der Waals surface area (Å²) in [4.78, 5) is 23.4. The molecule has 6 heteroatoms. The van der Waals surface area contributed by atoms with E-state index in [1.807, 2.05) is 32.9 Å². The van der Waals surface area contributed by atoms with Gasteiger partial charge in [-0.05, 0) is 35.6 Å². The molecule has 0 aliphatic carbocycles. The summed E-state index contributed by atoms with van der Waals surface area (Å²) < 4.78 is 0. The number of hydrogen-bond donors (Lipinski definition) is 3. The van der Waals surface area contributed by atoms with Gasteiger partial charge in [-0.2, -0.15) is 0 Å². The first kappa shape index (κ1) is 17.5. The van der Waals surface area contributed by atoms with Gasteiger partial charge in [-0.15, -0.1) is 12.4 Å². The fourth-order valence-corrected chi connectivity index (χ4v) is 2.07. The van der Waals surface area contributed by atoms with Crippen molar-refractivity contribution in [1.82, 2.24) is 0 Å². The third-order valence-electron chi connectivity index (χ3n) is 3.48. The number of carbonyl (C=O) groups excluding carboxylic acids is 2. The van der Waals surface area contributed by atoms with E-state index in [2.05, 4.69) is 10.6 Å². The summed E-state index contributed by atoms with van der Waals surface area (Å²) in [5.74, 6) is -0.165. The van der Waals surface area contributed by atoms with Gasteiger partial charge in [0.25, 0.3) is 0 Å². The number of benzene rings is 1. The summed E-state index contributed by atoms with van der Waals surface area (Å²) in [7, 11) is 0. The van der Waals surface area contributed by atoms with Crippen molar-refractivity contribution in [2.45, 2.75) is 39.7 Å². The lowest BCUT2D eigenvalue weighted by Gasteiger charge is -2.26. The molecule has 21 heavy (non-hydrogen) atoms. The molecule has 1 heterocycles. The summed E-state index contributed by atoms with van der Waals surface area (Å²) in [6.07, 6.45) is 1.17. The van der Waals surface area contributed by atoms with Crippen molar-refractivity contribution in [3.05, 3.63) is 23.8 Å². The Balaban J connectivity index is 0.00000220. The van der Waals surface area contributed by atoms with Gasteiger partial charge in [0, 0.05) is 17.8 Å². The third-order valence-corrected chi connectivity index (χ3v) is 3.48. The maximum atomic E-state index is 12.1. The van der Waals surface area contributed by atoms with Gasteiger partial charge in [0.2, 0.25) is 11.8 Å². The standard InChI is InChI=1S/C15H21N3O2.ClH/c1-15(2,3)13(16)14(20)17-10-5-6-11-9(8-10)4-7-12(19)18-11;/h5-6,8,13H,4,7,16H2,1-3H3,(H,17,20)(H,18,19);1H/t13-;/m1./s1. The van der Waals surface area contributed by atoms with Crippen molar-refractivity contribution in [2.24, 2.45) is 11.1 Å². The van der Waals surface area contributed by atoms with E-state index in [1.54, 1.807) is 6.07 Å². The molecule has 1 aromatic rings. The molecule has 5 nitrogen and oxygen atoms in total. The first-order valence-corrected chi connectivity index (χ1v) is 6.76. The van der Waals surface area contributed by atoms with E-state index in [4.69, 9.17) is 5.73 Å². The lowest BCUT2D eigenvalue weighted by Crippen LogP contribution is -2.45. The zero-order valence-electron chi connectivity index (χ0n) is 12.5. The van der Waals surface area contributed by atoms with Crippen molar-refractivity contribution in [2.75, 3.05) is 10.6 Å². The second kappa shape index (κ2) is 6.45. The molecule has 0 radical (unpaired) electrons. The highest BCUT2D eigenvalue weighted by atomic mass is 35.5. The average Bonchev–Trinajstić information content (AvgIpc) is 2.37. The van der Waals surface area contributed by atoms with Crippen molar-refractivity contribution in [3.63, 3.8) is 0 Å². The minimum absolute atomic E-state index is 0. The van der Waals surface area contributed by atoms with Crippen molar-refractivity contribution in [1.29, 1.82) is 0 Å². The van der Waals surface area contributed by atoms with E-state index in [-0.39, 0.29) is 29.6 Å². The number of hydrogen-bond acceptors (Lipinski definition) is 3. The maximum absolute atomic E-state index is 12.1. The number of amides is 2. The number of rotatable bonds is 2. The molecule has 0 bridgehead atoms. The highest BCUT2D eigenvalue weighted by Crippen LogP contribution is 2.26. The molecule has 0 fully saturated rings. The Kier molecular flexibility index (Phi) is 5.36. The highest BCUT2D eigenvalue weighted by Gasteiger charge is 2.27. The third kappa shape index (κ3) is 4.19. The molecular formula is C15H22ClN3O2. The average molecular weight is 312 g/mol. The molecule has 2 amide bonds. The summed E-state index contributed by atoms with van der Waals surface area (Å²) >= 11 is 0. The van der Waals surface area contributed by atoms with Gasteiger partial charge in [0.1, 0.15) is 0 Å². The Bertz CT molecular complexity index is 552. The molecule has 116 valence electrons. The molecule has 0 unspecified atom stereocenters. The zero-order valence-corrected chi connectivity index (χ0v) is 13.3. The first-order chi connectivity index (χ1) is 9.27.